The SMILES string of the molecule is CCC(CC)(CCCO)C(C)O. The maximum Gasteiger partial charge on any atom is 0.0568 e. The van der Waals surface area contributed by atoms with E-state index in [0.717, 1.165) is 25.7 Å². The van der Waals surface area contributed by atoms with Crippen LogP contribution in [0, 0.1) is 5.41 Å². The van der Waals surface area contributed by atoms with Crippen molar-refractivity contribution in [3.8, 4) is 0 Å². The van der Waals surface area contributed by atoms with E-state index < -0.39 is 0 Å². The van der Waals surface area contributed by atoms with Gasteiger partial charge in [0.15, 0.2) is 0 Å². The van der Waals surface area contributed by atoms with Crippen LogP contribution in [0.1, 0.15) is 46.5 Å². The average molecular weight is 174 g/mol. The molecule has 0 amide bonds. The summed E-state index contributed by atoms with van der Waals surface area (Å²) in [5.74, 6) is 0. The van der Waals surface area contributed by atoms with Gasteiger partial charge >= 0.3 is 0 Å². The van der Waals surface area contributed by atoms with Crippen molar-refractivity contribution in [1.29, 1.82) is 0 Å². The lowest BCUT2D eigenvalue weighted by atomic mass is 9.74. The molecule has 0 spiro atoms. The highest BCUT2D eigenvalue weighted by molar-refractivity contribution is 4.81. The first kappa shape index (κ1) is 11.9. The van der Waals surface area contributed by atoms with Gasteiger partial charge in [-0.1, -0.05) is 13.8 Å². The van der Waals surface area contributed by atoms with E-state index in [4.69, 9.17) is 5.11 Å². The summed E-state index contributed by atoms with van der Waals surface area (Å²) in [5, 5.41) is 18.3. The molecule has 0 heterocycles. The van der Waals surface area contributed by atoms with E-state index in [-0.39, 0.29) is 18.1 Å². The summed E-state index contributed by atoms with van der Waals surface area (Å²) in [4.78, 5) is 0. The highest BCUT2D eigenvalue weighted by atomic mass is 16.3. The molecule has 1 atom stereocenters. The molecule has 0 saturated heterocycles. The van der Waals surface area contributed by atoms with Crippen molar-refractivity contribution in [2.75, 3.05) is 6.61 Å². The topological polar surface area (TPSA) is 40.5 Å². The van der Waals surface area contributed by atoms with Crippen LogP contribution in [0.15, 0.2) is 0 Å². The van der Waals surface area contributed by atoms with E-state index in [2.05, 4.69) is 13.8 Å². The van der Waals surface area contributed by atoms with Gasteiger partial charge in [0, 0.05) is 6.61 Å². The predicted molar refractivity (Wildman–Crippen MR) is 51.0 cm³/mol. The van der Waals surface area contributed by atoms with Gasteiger partial charge in [-0.2, -0.15) is 0 Å². The third kappa shape index (κ3) is 2.76. The van der Waals surface area contributed by atoms with Crippen LogP contribution < -0.4 is 0 Å². The van der Waals surface area contributed by atoms with E-state index in [0.29, 0.717) is 0 Å². The second-order valence-electron chi connectivity index (χ2n) is 3.57. The number of hydrogen-bond acceptors (Lipinski definition) is 2. The van der Waals surface area contributed by atoms with E-state index in [1.807, 2.05) is 6.92 Å². The lowest BCUT2D eigenvalue weighted by Crippen LogP contribution is -2.32. The van der Waals surface area contributed by atoms with Gasteiger partial charge in [-0.3, -0.25) is 0 Å². The molecule has 0 rings (SSSR count). The standard InChI is InChI=1S/C10H22O2/c1-4-10(5-2,9(3)12)7-6-8-11/h9,11-12H,4-8H2,1-3H3. The van der Waals surface area contributed by atoms with Crippen molar-refractivity contribution in [1.82, 2.24) is 0 Å². The van der Waals surface area contributed by atoms with Crippen LogP contribution in [0.2, 0.25) is 0 Å². The monoisotopic (exact) mass is 174 g/mol. The molecule has 2 N–H and O–H groups in total. The minimum absolute atomic E-state index is 0.0305. The van der Waals surface area contributed by atoms with E-state index in [1.165, 1.54) is 0 Å². The zero-order valence-corrected chi connectivity index (χ0v) is 8.51. The second-order valence-corrected chi connectivity index (χ2v) is 3.57. The normalized spacial score (nSPS) is 14.8. The van der Waals surface area contributed by atoms with Gasteiger partial charge in [0.05, 0.1) is 6.10 Å². The molecular weight excluding hydrogens is 152 g/mol. The van der Waals surface area contributed by atoms with Crippen LogP contribution in [0.3, 0.4) is 0 Å². The summed E-state index contributed by atoms with van der Waals surface area (Å²) in [6, 6.07) is 0. The molecule has 0 fully saturated rings. The molecule has 0 aromatic rings. The zero-order valence-electron chi connectivity index (χ0n) is 8.51. The van der Waals surface area contributed by atoms with E-state index >= 15 is 0 Å². The van der Waals surface area contributed by atoms with Gasteiger partial charge in [0.25, 0.3) is 0 Å². The highest BCUT2D eigenvalue weighted by Crippen LogP contribution is 2.35. The Morgan fingerprint density at radius 1 is 1.25 bits per heavy atom. The van der Waals surface area contributed by atoms with Crippen molar-refractivity contribution >= 4 is 0 Å². The fraction of sp³-hybridized carbons (Fsp3) is 1.00. The van der Waals surface area contributed by atoms with Crippen LogP contribution in [0.25, 0.3) is 0 Å². The molecule has 2 heteroatoms. The fourth-order valence-electron chi connectivity index (χ4n) is 1.83. The van der Waals surface area contributed by atoms with Gasteiger partial charge in [0.2, 0.25) is 0 Å². The van der Waals surface area contributed by atoms with Crippen molar-refractivity contribution in [3.05, 3.63) is 0 Å². The summed E-state index contributed by atoms with van der Waals surface area (Å²) in [6.45, 7) is 6.29. The molecule has 0 saturated carbocycles. The van der Waals surface area contributed by atoms with Crippen molar-refractivity contribution in [3.63, 3.8) is 0 Å². The lowest BCUT2D eigenvalue weighted by molar-refractivity contribution is 0.0198. The maximum absolute atomic E-state index is 9.61. The summed E-state index contributed by atoms with van der Waals surface area (Å²) >= 11 is 0. The third-order valence-corrected chi connectivity index (χ3v) is 3.13. The van der Waals surface area contributed by atoms with E-state index in [1.54, 1.807) is 0 Å². The molecule has 0 aromatic carbocycles. The Kier molecular flexibility index (Phi) is 5.51. The Labute approximate surface area is 75.6 Å². The minimum Gasteiger partial charge on any atom is -0.396 e. The third-order valence-electron chi connectivity index (χ3n) is 3.13. The number of hydrogen-bond donors (Lipinski definition) is 2. The maximum atomic E-state index is 9.61. The summed E-state index contributed by atoms with van der Waals surface area (Å²) in [6.07, 6.45) is 3.43. The molecule has 0 aliphatic heterocycles. The molecule has 0 bridgehead atoms. The van der Waals surface area contributed by atoms with Crippen LogP contribution in [-0.4, -0.2) is 22.9 Å². The van der Waals surface area contributed by atoms with E-state index in [9.17, 15) is 5.11 Å². The molecule has 2 nitrogen and oxygen atoms in total. The first-order chi connectivity index (χ1) is 5.63. The summed E-state index contributed by atoms with van der Waals surface area (Å²) in [5.41, 5.74) is 0.0305. The largest absolute Gasteiger partial charge is 0.396 e. The summed E-state index contributed by atoms with van der Waals surface area (Å²) in [7, 11) is 0. The lowest BCUT2D eigenvalue weighted by Gasteiger charge is -2.34. The quantitative estimate of drug-likeness (QED) is 0.646. The molecule has 0 aromatic heterocycles. The van der Waals surface area contributed by atoms with Gasteiger partial charge in [-0.05, 0) is 38.0 Å². The fourth-order valence-corrected chi connectivity index (χ4v) is 1.83. The van der Waals surface area contributed by atoms with Gasteiger partial charge in [-0.15, -0.1) is 0 Å². The van der Waals surface area contributed by atoms with Crippen LogP contribution in [0.4, 0.5) is 0 Å². The van der Waals surface area contributed by atoms with Gasteiger partial charge < -0.3 is 10.2 Å². The van der Waals surface area contributed by atoms with Crippen LogP contribution in [0.5, 0.6) is 0 Å². The second kappa shape index (κ2) is 5.55. The Hall–Kier alpha value is -0.0800. The Morgan fingerprint density at radius 2 is 1.75 bits per heavy atom. The molecule has 74 valence electrons. The molecular formula is C10H22O2. The van der Waals surface area contributed by atoms with Crippen molar-refractivity contribution < 1.29 is 10.2 Å². The van der Waals surface area contributed by atoms with Gasteiger partial charge in [0.1, 0.15) is 0 Å². The van der Waals surface area contributed by atoms with Crippen LogP contribution >= 0.6 is 0 Å². The Morgan fingerprint density at radius 3 is 2.00 bits per heavy atom. The van der Waals surface area contributed by atoms with Gasteiger partial charge in [-0.25, -0.2) is 0 Å². The Balaban J connectivity index is 4.15. The summed E-state index contributed by atoms with van der Waals surface area (Å²) < 4.78 is 0. The average Bonchev–Trinajstić information content (AvgIpc) is 2.07. The predicted octanol–water partition coefficient (Wildman–Crippen LogP) is 1.95. The number of rotatable bonds is 6. The minimum atomic E-state index is -0.265. The number of aliphatic hydroxyl groups is 2. The first-order valence-corrected chi connectivity index (χ1v) is 4.92. The zero-order chi connectivity index (χ0) is 9.61. The van der Waals surface area contributed by atoms with Crippen molar-refractivity contribution in [2.24, 2.45) is 5.41 Å². The molecule has 12 heavy (non-hydrogen) atoms. The van der Waals surface area contributed by atoms with Crippen LogP contribution in [-0.2, 0) is 0 Å². The molecule has 0 radical (unpaired) electrons. The highest BCUT2D eigenvalue weighted by Gasteiger charge is 2.30. The van der Waals surface area contributed by atoms with Crippen molar-refractivity contribution in [2.45, 2.75) is 52.6 Å². The molecule has 1 unspecified atom stereocenters. The molecule has 0 aliphatic carbocycles. The smallest absolute Gasteiger partial charge is 0.0568 e. The first-order valence-electron chi connectivity index (χ1n) is 4.92. The molecule has 0 aliphatic rings. The number of aliphatic hydroxyl groups excluding tert-OH is 2. The Bertz CT molecular complexity index is 106.